The van der Waals surface area contributed by atoms with Gasteiger partial charge in [0.05, 0.1) is 5.38 Å². The molecule has 1 saturated carbocycles. The average molecular weight is 282 g/mol. The van der Waals surface area contributed by atoms with Crippen LogP contribution in [0.5, 0.6) is 0 Å². The van der Waals surface area contributed by atoms with Crippen molar-refractivity contribution in [2.24, 2.45) is 5.92 Å². The summed E-state index contributed by atoms with van der Waals surface area (Å²) in [5, 5.41) is -0.447. The minimum atomic E-state index is -0.447. The van der Waals surface area contributed by atoms with Gasteiger partial charge in [0.1, 0.15) is 0 Å². The van der Waals surface area contributed by atoms with E-state index in [1.807, 2.05) is 6.07 Å². The molecular formula is C16H24ClNO. The minimum Gasteiger partial charge on any atom is -0.345 e. The molecule has 2 atom stereocenters. The second-order valence-corrected chi connectivity index (χ2v) is 6.53. The SMILES string of the molecule is CCC(CC1CC1)n1c(C)cc(C(=O)C(C)Cl)c1C. The molecule has 0 amide bonds. The molecule has 0 aromatic carbocycles. The highest BCUT2D eigenvalue weighted by Crippen LogP contribution is 2.39. The molecule has 1 aliphatic carbocycles. The number of aryl methyl sites for hydroxylation is 1. The highest BCUT2D eigenvalue weighted by molar-refractivity contribution is 6.33. The molecule has 0 spiro atoms. The van der Waals surface area contributed by atoms with Gasteiger partial charge in [-0.05, 0) is 45.6 Å². The first-order valence-corrected chi connectivity index (χ1v) is 7.76. The minimum absolute atomic E-state index is 0.0438. The van der Waals surface area contributed by atoms with E-state index in [0.717, 1.165) is 23.6 Å². The molecule has 1 aromatic heterocycles. The maximum atomic E-state index is 12.1. The highest BCUT2D eigenvalue weighted by Gasteiger charge is 2.28. The van der Waals surface area contributed by atoms with Crippen molar-refractivity contribution in [3.05, 3.63) is 23.0 Å². The Morgan fingerprint density at radius 2 is 2.11 bits per heavy atom. The van der Waals surface area contributed by atoms with Crippen LogP contribution in [0, 0.1) is 19.8 Å². The van der Waals surface area contributed by atoms with Crippen molar-refractivity contribution < 1.29 is 4.79 Å². The third kappa shape index (κ3) is 3.05. The van der Waals surface area contributed by atoms with Gasteiger partial charge >= 0.3 is 0 Å². The number of alkyl halides is 1. The van der Waals surface area contributed by atoms with Crippen LogP contribution in [0.1, 0.15) is 67.3 Å². The molecule has 3 heteroatoms. The van der Waals surface area contributed by atoms with E-state index < -0.39 is 5.38 Å². The maximum absolute atomic E-state index is 12.1. The third-order valence-electron chi connectivity index (χ3n) is 4.25. The summed E-state index contributed by atoms with van der Waals surface area (Å²) in [6, 6.07) is 2.53. The molecular weight excluding hydrogens is 258 g/mol. The first-order valence-electron chi connectivity index (χ1n) is 7.32. The number of carbonyl (C=O) groups excluding carboxylic acids is 1. The van der Waals surface area contributed by atoms with E-state index in [2.05, 4.69) is 25.3 Å². The lowest BCUT2D eigenvalue weighted by Crippen LogP contribution is -2.15. The lowest BCUT2D eigenvalue weighted by atomic mass is 10.1. The fourth-order valence-corrected chi connectivity index (χ4v) is 3.11. The summed E-state index contributed by atoms with van der Waals surface area (Å²) >= 11 is 5.95. The van der Waals surface area contributed by atoms with Crippen molar-refractivity contribution in [1.29, 1.82) is 0 Å². The number of Topliss-reactive ketones (excluding diaryl/α,β-unsaturated/α-hetero) is 1. The number of ketones is 1. The smallest absolute Gasteiger partial charge is 0.182 e. The van der Waals surface area contributed by atoms with E-state index in [9.17, 15) is 4.79 Å². The first-order chi connectivity index (χ1) is 8.95. The topological polar surface area (TPSA) is 22.0 Å². The van der Waals surface area contributed by atoms with Gasteiger partial charge in [-0.15, -0.1) is 11.6 Å². The van der Waals surface area contributed by atoms with E-state index in [1.165, 1.54) is 25.0 Å². The number of hydrogen-bond donors (Lipinski definition) is 0. The van der Waals surface area contributed by atoms with E-state index in [-0.39, 0.29) is 5.78 Å². The fourth-order valence-electron chi connectivity index (χ4n) is 3.00. The highest BCUT2D eigenvalue weighted by atomic mass is 35.5. The molecule has 1 fully saturated rings. The zero-order valence-corrected chi connectivity index (χ0v) is 13.1. The second-order valence-electron chi connectivity index (χ2n) is 5.88. The molecule has 2 nitrogen and oxygen atoms in total. The Morgan fingerprint density at radius 3 is 2.58 bits per heavy atom. The summed E-state index contributed by atoms with van der Waals surface area (Å²) < 4.78 is 2.35. The van der Waals surface area contributed by atoms with Crippen LogP contribution in [0.15, 0.2) is 6.07 Å². The summed E-state index contributed by atoms with van der Waals surface area (Å²) in [5.74, 6) is 0.944. The van der Waals surface area contributed by atoms with Gasteiger partial charge < -0.3 is 4.57 Å². The van der Waals surface area contributed by atoms with Gasteiger partial charge in [-0.1, -0.05) is 19.8 Å². The molecule has 106 valence electrons. The fraction of sp³-hybridized carbons (Fsp3) is 0.688. The lowest BCUT2D eigenvalue weighted by Gasteiger charge is -2.21. The molecule has 2 unspecified atom stereocenters. The van der Waals surface area contributed by atoms with E-state index in [0.29, 0.717) is 6.04 Å². The van der Waals surface area contributed by atoms with Crippen LogP contribution in [-0.4, -0.2) is 15.7 Å². The van der Waals surface area contributed by atoms with Gasteiger partial charge in [-0.25, -0.2) is 0 Å². The molecule has 0 radical (unpaired) electrons. The summed E-state index contributed by atoms with van der Waals surface area (Å²) in [4.78, 5) is 12.1. The second kappa shape index (κ2) is 5.70. The lowest BCUT2D eigenvalue weighted by molar-refractivity contribution is 0.0991. The summed E-state index contributed by atoms with van der Waals surface area (Å²) in [6.07, 6.45) is 5.12. The Balaban J connectivity index is 2.31. The van der Waals surface area contributed by atoms with Crippen LogP contribution in [0.4, 0.5) is 0 Å². The van der Waals surface area contributed by atoms with Gasteiger partial charge in [0.2, 0.25) is 0 Å². The van der Waals surface area contributed by atoms with Crippen LogP contribution in [0.3, 0.4) is 0 Å². The standard InChI is InChI=1S/C16H24ClNO/c1-5-14(9-13-6-7-13)18-10(2)8-15(12(18)4)16(19)11(3)17/h8,11,13-14H,5-7,9H2,1-4H3. The Morgan fingerprint density at radius 1 is 1.47 bits per heavy atom. The summed E-state index contributed by atoms with van der Waals surface area (Å²) in [5.41, 5.74) is 3.07. The number of hydrogen-bond acceptors (Lipinski definition) is 1. The third-order valence-corrected chi connectivity index (χ3v) is 4.45. The molecule has 0 N–H and O–H groups in total. The van der Waals surface area contributed by atoms with Gasteiger partial charge in [-0.2, -0.15) is 0 Å². The van der Waals surface area contributed by atoms with Crippen LogP contribution in [0.2, 0.25) is 0 Å². The molecule has 0 saturated heterocycles. The van der Waals surface area contributed by atoms with E-state index >= 15 is 0 Å². The Hall–Kier alpha value is -0.760. The van der Waals surface area contributed by atoms with Gasteiger partial charge in [-0.3, -0.25) is 4.79 Å². The predicted octanol–water partition coefficient (Wildman–Crippen LogP) is 4.67. The zero-order chi connectivity index (χ0) is 14.2. The van der Waals surface area contributed by atoms with E-state index in [1.54, 1.807) is 6.92 Å². The van der Waals surface area contributed by atoms with Crippen molar-refractivity contribution in [1.82, 2.24) is 4.57 Å². The van der Waals surface area contributed by atoms with Crippen LogP contribution in [-0.2, 0) is 0 Å². The molecule has 2 rings (SSSR count). The normalized spacial score (nSPS) is 18.4. The van der Waals surface area contributed by atoms with Crippen molar-refractivity contribution in [3.63, 3.8) is 0 Å². The Kier molecular flexibility index (Phi) is 4.39. The predicted molar refractivity (Wildman–Crippen MR) is 80.2 cm³/mol. The number of carbonyl (C=O) groups is 1. The zero-order valence-electron chi connectivity index (χ0n) is 12.4. The van der Waals surface area contributed by atoms with Gasteiger partial charge in [0.15, 0.2) is 5.78 Å². The van der Waals surface area contributed by atoms with Crippen molar-refractivity contribution in [3.8, 4) is 0 Å². The first kappa shape index (κ1) is 14.6. The number of aromatic nitrogens is 1. The molecule has 1 aromatic rings. The Bertz CT molecular complexity index is 471. The van der Waals surface area contributed by atoms with E-state index in [4.69, 9.17) is 11.6 Å². The maximum Gasteiger partial charge on any atom is 0.182 e. The average Bonchev–Trinajstić information content (AvgIpc) is 3.12. The number of rotatable bonds is 6. The monoisotopic (exact) mass is 281 g/mol. The molecule has 19 heavy (non-hydrogen) atoms. The number of halogens is 1. The summed E-state index contributed by atoms with van der Waals surface area (Å²) in [6.45, 7) is 8.13. The van der Waals surface area contributed by atoms with Crippen molar-refractivity contribution in [2.75, 3.05) is 0 Å². The van der Waals surface area contributed by atoms with Gasteiger partial charge in [0, 0.05) is 23.0 Å². The van der Waals surface area contributed by atoms with Crippen LogP contribution >= 0.6 is 11.6 Å². The van der Waals surface area contributed by atoms with Crippen LogP contribution in [0.25, 0.3) is 0 Å². The molecule has 1 heterocycles. The number of nitrogens with zero attached hydrogens (tertiary/aromatic N) is 1. The molecule has 0 bridgehead atoms. The quantitative estimate of drug-likeness (QED) is 0.549. The van der Waals surface area contributed by atoms with Crippen molar-refractivity contribution in [2.45, 2.75) is 64.8 Å². The summed E-state index contributed by atoms with van der Waals surface area (Å²) in [7, 11) is 0. The molecule has 1 aliphatic rings. The van der Waals surface area contributed by atoms with Crippen molar-refractivity contribution >= 4 is 17.4 Å². The Labute approximate surface area is 121 Å². The molecule has 0 aliphatic heterocycles. The van der Waals surface area contributed by atoms with Crippen LogP contribution < -0.4 is 0 Å². The largest absolute Gasteiger partial charge is 0.345 e. The van der Waals surface area contributed by atoms with Gasteiger partial charge in [0.25, 0.3) is 0 Å².